The molecule has 6 rings (SSSR count). The highest BCUT2D eigenvalue weighted by atomic mass is 16.4. The number of unbranched alkanes of at least 4 members (excludes halogenated alkanes) is 3. The van der Waals surface area contributed by atoms with E-state index >= 15 is 0 Å². The summed E-state index contributed by atoms with van der Waals surface area (Å²) >= 11 is 0. The molecule has 0 aliphatic carbocycles. The first-order valence-electron chi connectivity index (χ1n) is 28.2. The monoisotopic (exact) mass is 1120 g/mol. The van der Waals surface area contributed by atoms with Crippen LogP contribution in [0, 0.1) is 0 Å². The largest absolute Gasteiger partial charge is 0.480 e. The van der Waals surface area contributed by atoms with Gasteiger partial charge in [0.15, 0.2) is 0 Å². The molecule has 0 radical (unpaired) electrons. The molecule has 82 heavy (non-hydrogen) atoms. The number of carbonyl (C=O) groups excluding carboxylic acids is 3. The van der Waals surface area contributed by atoms with Crippen molar-refractivity contribution in [3.8, 4) is 0 Å². The van der Waals surface area contributed by atoms with Crippen LogP contribution in [0.4, 0.5) is 17.1 Å². The molecule has 0 bridgehead atoms. The van der Waals surface area contributed by atoms with E-state index in [4.69, 9.17) is 17.2 Å². The van der Waals surface area contributed by atoms with Gasteiger partial charge in [-0.05, 0) is 147 Å². The molecule has 6 aromatic rings. The third-order valence-electron chi connectivity index (χ3n) is 14.2. The maximum Gasteiger partial charge on any atom is 0.326 e. The van der Waals surface area contributed by atoms with Gasteiger partial charge >= 0.3 is 17.9 Å². The first kappa shape index (κ1) is 62.6. The van der Waals surface area contributed by atoms with Crippen LogP contribution < -0.4 is 49.1 Å². The third kappa shape index (κ3) is 20.2. The van der Waals surface area contributed by atoms with Gasteiger partial charge in [-0.25, -0.2) is 14.4 Å². The fourth-order valence-corrected chi connectivity index (χ4v) is 9.75. The van der Waals surface area contributed by atoms with Crippen LogP contribution in [0.2, 0.25) is 0 Å². The summed E-state index contributed by atoms with van der Waals surface area (Å²) in [5, 5.41) is 48.6. The Hall–Kier alpha value is -8.58. The van der Waals surface area contributed by atoms with Crippen molar-refractivity contribution in [2.45, 2.75) is 119 Å². The first-order chi connectivity index (χ1) is 39.7. The maximum atomic E-state index is 13.9. The standard InChI is InChI=1S/C64H79N9O9/c65-37-13-10-22-52(59(74)71-55(62(77)78)40-43-16-4-1-5-17-43)68-49-31-25-46(26-32-49)58(47-27-33-50(34-28-47)69-53(23-11-14-38-66)60(75)72-56(63(79)80)41-44-18-6-2-7-19-44)48-29-35-51(36-30-48)70-54(24-12-15-39-67)61(76)73-57(64(81)82)42-45-20-8-3-9-21-45/h1-9,16-21,25-36,52-58,68-70H,10-15,22-24,37-42,65-67H2,(H,71,74)(H,72,75)(H,73,76)(H,77,78)(H,79,80)(H,81,82)/t52-,53-,54-,55-,56-,57+/m0/s1. The predicted molar refractivity (Wildman–Crippen MR) is 320 cm³/mol. The van der Waals surface area contributed by atoms with E-state index in [1.165, 1.54) is 0 Å². The van der Waals surface area contributed by atoms with Crippen molar-refractivity contribution in [3.63, 3.8) is 0 Å². The molecule has 0 saturated carbocycles. The summed E-state index contributed by atoms with van der Waals surface area (Å²) in [4.78, 5) is 78.8. The molecule has 0 aliphatic rings. The predicted octanol–water partition coefficient (Wildman–Crippen LogP) is 7.03. The Bertz CT molecular complexity index is 2600. The quantitative estimate of drug-likeness (QED) is 0.0139. The zero-order valence-corrected chi connectivity index (χ0v) is 46.3. The molecule has 6 atom stereocenters. The molecule has 6 aromatic carbocycles. The van der Waals surface area contributed by atoms with Crippen molar-refractivity contribution in [2.75, 3.05) is 35.6 Å². The lowest BCUT2D eigenvalue weighted by atomic mass is 9.85. The zero-order valence-electron chi connectivity index (χ0n) is 46.3. The number of rotatable bonds is 36. The Morgan fingerprint density at radius 1 is 0.329 bits per heavy atom. The smallest absolute Gasteiger partial charge is 0.326 e. The zero-order chi connectivity index (χ0) is 58.6. The molecule has 0 spiro atoms. The number of anilines is 3. The van der Waals surface area contributed by atoms with Gasteiger partial charge in [-0.15, -0.1) is 0 Å². The van der Waals surface area contributed by atoms with E-state index in [0.717, 1.165) is 33.4 Å². The summed E-state index contributed by atoms with van der Waals surface area (Å²) in [6.45, 7) is 1.31. The Morgan fingerprint density at radius 2 is 0.573 bits per heavy atom. The van der Waals surface area contributed by atoms with Crippen molar-refractivity contribution >= 4 is 52.7 Å². The van der Waals surface area contributed by atoms with E-state index in [1.807, 2.05) is 164 Å². The molecule has 0 aliphatic heterocycles. The lowest BCUT2D eigenvalue weighted by Crippen LogP contribution is -2.48. The molecule has 0 heterocycles. The number of nitrogens with one attached hydrogen (secondary N) is 6. The molecule has 0 aromatic heterocycles. The number of hydrogen-bond donors (Lipinski definition) is 12. The summed E-state index contributed by atoms with van der Waals surface area (Å²) in [7, 11) is 0. The minimum atomic E-state index is -1.15. The second kappa shape index (κ2) is 33.2. The fraction of sp³-hybridized carbons (Fsp3) is 0.344. The van der Waals surface area contributed by atoms with Crippen molar-refractivity contribution in [2.24, 2.45) is 17.2 Å². The molecule has 3 amide bonds. The second-order valence-electron chi connectivity index (χ2n) is 20.5. The van der Waals surface area contributed by atoms with E-state index in [9.17, 15) is 44.1 Å². The Kier molecular flexibility index (Phi) is 25.4. The van der Waals surface area contributed by atoms with Crippen LogP contribution in [-0.2, 0) is 48.0 Å². The van der Waals surface area contributed by atoms with Gasteiger partial charge in [0.2, 0.25) is 17.7 Å². The molecule has 0 unspecified atom stereocenters. The first-order valence-corrected chi connectivity index (χ1v) is 28.2. The van der Waals surface area contributed by atoms with E-state index < -0.39 is 71.9 Å². The van der Waals surface area contributed by atoms with Crippen molar-refractivity contribution in [1.29, 1.82) is 0 Å². The van der Waals surface area contributed by atoms with Crippen LogP contribution in [0.25, 0.3) is 0 Å². The Morgan fingerprint density at radius 3 is 0.793 bits per heavy atom. The van der Waals surface area contributed by atoms with Gasteiger partial charge in [-0.3, -0.25) is 14.4 Å². The molecule has 18 heteroatoms. The minimum absolute atomic E-state index is 0.113. The van der Waals surface area contributed by atoms with Crippen LogP contribution in [0.3, 0.4) is 0 Å². The van der Waals surface area contributed by atoms with E-state index in [0.29, 0.717) is 94.5 Å². The number of carboxylic acids is 3. The summed E-state index contributed by atoms with van der Waals surface area (Å²) in [5.74, 6) is -5.18. The van der Waals surface area contributed by atoms with Gasteiger partial charge in [0.05, 0.1) is 0 Å². The average molecular weight is 1120 g/mol. The molecule has 15 N–H and O–H groups in total. The fourth-order valence-electron chi connectivity index (χ4n) is 9.75. The number of benzene rings is 6. The lowest BCUT2D eigenvalue weighted by Gasteiger charge is -2.25. The Labute approximate surface area is 480 Å². The van der Waals surface area contributed by atoms with Crippen LogP contribution >= 0.6 is 0 Å². The topological polar surface area (TPSA) is 313 Å². The van der Waals surface area contributed by atoms with Gasteiger partial charge in [0, 0.05) is 42.2 Å². The number of aliphatic carboxylic acids is 3. The van der Waals surface area contributed by atoms with E-state index in [-0.39, 0.29) is 25.2 Å². The van der Waals surface area contributed by atoms with Crippen molar-refractivity contribution in [3.05, 3.63) is 197 Å². The second-order valence-corrected chi connectivity index (χ2v) is 20.5. The van der Waals surface area contributed by atoms with Gasteiger partial charge in [0.25, 0.3) is 0 Å². The molecule has 18 nitrogen and oxygen atoms in total. The lowest BCUT2D eigenvalue weighted by molar-refractivity contribution is -0.142. The highest BCUT2D eigenvalue weighted by Crippen LogP contribution is 2.35. The maximum absolute atomic E-state index is 13.9. The van der Waals surface area contributed by atoms with Crippen LogP contribution in [-0.4, -0.2) is 107 Å². The number of nitrogens with two attached hydrogens (primary N) is 3. The summed E-state index contributed by atoms with van der Waals surface area (Å²) in [6, 6.07) is 44.5. The van der Waals surface area contributed by atoms with Crippen LogP contribution in [0.5, 0.6) is 0 Å². The number of hydrogen-bond acceptors (Lipinski definition) is 12. The number of carboxylic acid groups (broad SMARTS) is 3. The summed E-state index contributed by atoms with van der Waals surface area (Å²) < 4.78 is 0. The van der Waals surface area contributed by atoms with Crippen molar-refractivity contribution < 1.29 is 44.1 Å². The highest BCUT2D eigenvalue weighted by molar-refractivity contribution is 5.90. The summed E-state index contributed by atoms with van der Waals surface area (Å²) in [6.07, 6.45) is 5.43. The molecule has 434 valence electrons. The van der Waals surface area contributed by atoms with E-state index in [1.54, 1.807) is 0 Å². The van der Waals surface area contributed by atoms with Gasteiger partial charge in [-0.1, -0.05) is 127 Å². The average Bonchev–Trinajstić information content (AvgIpc) is 3.65. The number of carbonyl (C=O) groups is 6. The van der Waals surface area contributed by atoms with Gasteiger partial charge in [0.1, 0.15) is 36.3 Å². The minimum Gasteiger partial charge on any atom is -0.480 e. The number of amides is 3. The molecule has 0 fully saturated rings. The third-order valence-corrected chi connectivity index (χ3v) is 14.2. The van der Waals surface area contributed by atoms with Gasteiger partial charge < -0.3 is 64.4 Å². The van der Waals surface area contributed by atoms with Crippen LogP contribution in [0.1, 0.15) is 97.1 Å². The summed E-state index contributed by atoms with van der Waals surface area (Å²) in [5.41, 5.74) is 24.3. The highest BCUT2D eigenvalue weighted by Gasteiger charge is 2.29. The SMILES string of the molecule is NCCCC[C@H](Nc1ccc(C(c2ccc(N[C@@H](CCCCN)C(=O)N[C@@H](Cc3ccccc3)C(=O)O)cc2)c2ccc(N[C@@H](CCCCN)C(=O)N[C@H](Cc3ccccc3)C(=O)O)cc2)cc1)C(=O)N[C@@H](Cc1ccccc1)C(=O)O. The molecular formula is C64H79N9O9. The van der Waals surface area contributed by atoms with Crippen LogP contribution in [0.15, 0.2) is 164 Å². The molecular weight excluding hydrogens is 1040 g/mol. The van der Waals surface area contributed by atoms with Gasteiger partial charge in [-0.2, -0.15) is 0 Å². The Balaban J connectivity index is 1.28. The van der Waals surface area contributed by atoms with Crippen molar-refractivity contribution in [1.82, 2.24) is 16.0 Å². The van der Waals surface area contributed by atoms with E-state index in [2.05, 4.69) is 31.9 Å². The molecule has 0 saturated heterocycles. The normalized spacial score (nSPS) is 13.3.